The average Bonchev–Trinajstić information content (AvgIpc) is 2.92. The van der Waals surface area contributed by atoms with Gasteiger partial charge in [-0.15, -0.1) is 0 Å². The molecule has 1 saturated heterocycles. The molecule has 0 N–H and O–H groups in total. The third kappa shape index (κ3) is 1.48. The van der Waals surface area contributed by atoms with E-state index in [2.05, 4.69) is 12.2 Å². The van der Waals surface area contributed by atoms with Crippen LogP contribution in [0.25, 0.3) is 0 Å². The van der Waals surface area contributed by atoms with Gasteiger partial charge in [0.05, 0.1) is 11.8 Å². The highest BCUT2D eigenvalue weighted by atomic mass is 35.5. The number of halogens is 1. The van der Waals surface area contributed by atoms with Crippen molar-refractivity contribution in [2.75, 3.05) is 6.54 Å². The molecule has 0 aromatic rings. The van der Waals surface area contributed by atoms with E-state index < -0.39 is 0 Å². The first-order valence-corrected chi connectivity index (χ1v) is 6.33. The second-order valence-electron chi connectivity index (χ2n) is 5.08. The Morgan fingerprint density at radius 1 is 1.35 bits per heavy atom. The van der Waals surface area contributed by atoms with Crippen LogP contribution in [0.5, 0.6) is 0 Å². The standard InChI is InChI=1S/C13H14ClNO2/c1-7(14)4-5-15-12(16)10-8-2-3-9(6-8)11(10)13(15)17/h2-4,8-11H,5-6H2,1H3/b7-4-/t8-,9+,10+,11-. The Bertz CT molecular complexity index is 420. The number of imide groups is 1. The maximum Gasteiger partial charge on any atom is 0.234 e. The summed E-state index contributed by atoms with van der Waals surface area (Å²) in [5.41, 5.74) is 0. The molecule has 0 radical (unpaired) electrons. The maximum atomic E-state index is 12.2. The Morgan fingerprint density at radius 2 is 1.88 bits per heavy atom. The zero-order valence-electron chi connectivity index (χ0n) is 9.60. The number of fused-ring (bicyclic) bond motifs is 5. The lowest BCUT2D eigenvalue weighted by molar-refractivity contribution is -0.140. The third-order valence-corrected chi connectivity index (χ3v) is 4.27. The molecule has 3 aliphatic rings. The lowest BCUT2D eigenvalue weighted by Gasteiger charge is -2.14. The van der Waals surface area contributed by atoms with Crippen LogP contribution in [0, 0.1) is 23.7 Å². The summed E-state index contributed by atoms with van der Waals surface area (Å²) in [5, 5.41) is 0.615. The van der Waals surface area contributed by atoms with Crippen LogP contribution in [0.3, 0.4) is 0 Å². The molecule has 2 amide bonds. The van der Waals surface area contributed by atoms with Gasteiger partial charge in [-0.2, -0.15) is 0 Å². The van der Waals surface area contributed by atoms with E-state index in [4.69, 9.17) is 11.6 Å². The van der Waals surface area contributed by atoms with Crippen molar-refractivity contribution < 1.29 is 9.59 Å². The van der Waals surface area contributed by atoms with Crippen LogP contribution in [0.1, 0.15) is 13.3 Å². The summed E-state index contributed by atoms with van der Waals surface area (Å²) in [6.45, 7) is 2.07. The van der Waals surface area contributed by atoms with E-state index in [1.54, 1.807) is 13.0 Å². The molecule has 3 nitrogen and oxygen atoms in total. The number of hydrogen-bond acceptors (Lipinski definition) is 2. The molecule has 2 aliphatic carbocycles. The largest absolute Gasteiger partial charge is 0.278 e. The summed E-state index contributed by atoms with van der Waals surface area (Å²) < 4.78 is 0. The minimum absolute atomic E-state index is 0.00832. The van der Waals surface area contributed by atoms with Crippen molar-refractivity contribution in [2.24, 2.45) is 23.7 Å². The average molecular weight is 252 g/mol. The van der Waals surface area contributed by atoms with E-state index in [1.807, 2.05) is 0 Å². The first-order chi connectivity index (χ1) is 8.09. The van der Waals surface area contributed by atoms with Crippen LogP contribution in [0.15, 0.2) is 23.3 Å². The molecule has 4 heteroatoms. The van der Waals surface area contributed by atoms with Gasteiger partial charge in [-0.25, -0.2) is 0 Å². The zero-order valence-corrected chi connectivity index (χ0v) is 10.4. The van der Waals surface area contributed by atoms with E-state index >= 15 is 0 Å². The van der Waals surface area contributed by atoms with Crippen LogP contribution < -0.4 is 0 Å². The fraction of sp³-hybridized carbons (Fsp3) is 0.538. The summed E-state index contributed by atoms with van der Waals surface area (Å²) in [5.74, 6) is 0.361. The van der Waals surface area contributed by atoms with Gasteiger partial charge < -0.3 is 0 Å². The molecule has 90 valence electrons. The molecule has 1 aliphatic heterocycles. The van der Waals surface area contributed by atoms with E-state index in [1.165, 1.54) is 4.90 Å². The van der Waals surface area contributed by atoms with Gasteiger partial charge in [0.2, 0.25) is 11.8 Å². The molecule has 0 unspecified atom stereocenters. The summed E-state index contributed by atoms with van der Waals surface area (Å²) in [7, 11) is 0. The predicted molar refractivity (Wildman–Crippen MR) is 64.0 cm³/mol. The lowest BCUT2D eigenvalue weighted by atomic mass is 9.85. The molecule has 2 fully saturated rings. The van der Waals surface area contributed by atoms with Gasteiger partial charge in [-0.05, 0) is 25.2 Å². The Labute approximate surface area is 105 Å². The number of carbonyl (C=O) groups is 2. The monoisotopic (exact) mass is 251 g/mol. The van der Waals surface area contributed by atoms with Crippen LogP contribution in [-0.2, 0) is 9.59 Å². The summed E-state index contributed by atoms with van der Waals surface area (Å²) in [6.07, 6.45) is 6.89. The minimum atomic E-state index is -0.0958. The zero-order chi connectivity index (χ0) is 12.2. The number of rotatable bonds is 2. The van der Waals surface area contributed by atoms with E-state index in [0.29, 0.717) is 11.6 Å². The van der Waals surface area contributed by atoms with Crippen molar-refractivity contribution in [3.8, 4) is 0 Å². The molecule has 0 aromatic heterocycles. The van der Waals surface area contributed by atoms with Crippen LogP contribution in [-0.4, -0.2) is 23.3 Å². The van der Waals surface area contributed by atoms with Gasteiger partial charge >= 0.3 is 0 Å². The predicted octanol–water partition coefficient (Wildman–Crippen LogP) is 1.94. The van der Waals surface area contributed by atoms with Gasteiger partial charge in [0.25, 0.3) is 0 Å². The number of nitrogens with zero attached hydrogens (tertiary/aromatic N) is 1. The van der Waals surface area contributed by atoms with Gasteiger partial charge in [0.15, 0.2) is 0 Å². The van der Waals surface area contributed by atoms with E-state index in [0.717, 1.165) is 6.42 Å². The number of hydrogen-bond donors (Lipinski definition) is 0. The number of carbonyl (C=O) groups excluding carboxylic acids is 2. The first-order valence-electron chi connectivity index (χ1n) is 5.95. The quantitative estimate of drug-likeness (QED) is 0.556. The molecule has 3 rings (SSSR count). The fourth-order valence-electron chi connectivity index (χ4n) is 3.36. The fourth-order valence-corrected chi connectivity index (χ4v) is 3.43. The smallest absolute Gasteiger partial charge is 0.234 e. The summed E-state index contributed by atoms with van der Waals surface area (Å²) in [4.78, 5) is 25.8. The molecule has 0 aromatic carbocycles. The number of allylic oxidation sites excluding steroid dienone is 3. The SMILES string of the molecule is C/C(Cl)=C/CN1C(=O)[C@@H]2[C@H](C1=O)[C@H]1C=C[C@@H]2C1. The van der Waals surface area contributed by atoms with Gasteiger partial charge in [0.1, 0.15) is 0 Å². The third-order valence-electron chi connectivity index (χ3n) is 4.12. The van der Waals surface area contributed by atoms with Crippen molar-refractivity contribution in [1.82, 2.24) is 4.90 Å². The van der Waals surface area contributed by atoms with E-state index in [9.17, 15) is 9.59 Å². The molecule has 1 heterocycles. The first kappa shape index (κ1) is 11.0. The molecular weight excluding hydrogens is 238 g/mol. The van der Waals surface area contributed by atoms with Crippen LogP contribution in [0.2, 0.25) is 0 Å². The normalized spacial score (nSPS) is 39.4. The maximum absolute atomic E-state index is 12.2. The van der Waals surface area contributed by atoms with Crippen molar-refractivity contribution in [1.29, 1.82) is 0 Å². The molecule has 0 spiro atoms. The van der Waals surface area contributed by atoms with Gasteiger partial charge in [-0.3, -0.25) is 14.5 Å². The van der Waals surface area contributed by atoms with Crippen molar-refractivity contribution >= 4 is 23.4 Å². The topological polar surface area (TPSA) is 37.4 Å². The molecule has 17 heavy (non-hydrogen) atoms. The highest BCUT2D eigenvalue weighted by molar-refractivity contribution is 6.29. The highest BCUT2D eigenvalue weighted by Crippen LogP contribution is 2.52. The lowest BCUT2D eigenvalue weighted by Crippen LogP contribution is -2.33. The minimum Gasteiger partial charge on any atom is -0.278 e. The molecule has 2 bridgehead atoms. The molecule has 1 saturated carbocycles. The van der Waals surface area contributed by atoms with Crippen LogP contribution in [0.4, 0.5) is 0 Å². The number of likely N-dealkylation sites (tertiary alicyclic amines) is 1. The van der Waals surface area contributed by atoms with Gasteiger partial charge in [-0.1, -0.05) is 29.8 Å². The van der Waals surface area contributed by atoms with Crippen molar-refractivity contribution in [2.45, 2.75) is 13.3 Å². The summed E-state index contributed by atoms with van der Waals surface area (Å²) >= 11 is 5.74. The number of amides is 2. The molecular formula is C13H14ClNO2. The second kappa shape index (κ2) is 3.70. The van der Waals surface area contributed by atoms with Crippen molar-refractivity contribution in [3.05, 3.63) is 23.3 Å². The van der Waals surface area contributed by atoms with Crippen LogP contribution >= 0.6 is 11.6 Å². The summed E-state index contributed by atoms with van der Waals surface area (Å²) in [6, 6.07) is 0. The highest BCUT2D eigenvalue weighted by Gasteiger charge is 2.58. The Morgan fingerprint density at radius 3 is 2.35 bits per heavy atom. The van der Waals surface area contributed by atoms with Crippen molar-refractivity contribution in [3.63, 3.8) is 0 Å². The Balaban J connectivity index is 1.85. The van der Waals surface area contributed by atoms with E-state index in [-0.39, 0.29) is 35.5 Å². The Hall–Kier alpha value is -1.09. The Kier molecular flexibility index (Phi) is 2.40. The molecule has 4 atom stereocenters. The van der Waals surface area contributed by atoms with Gasteiger partial charge in [0, 0.05) is 11.6 Å². The second-order valence-corrected chi connectivity index (χ2v) is 5.67.